The van der Waals surface area contributed by atoms with Crippen molar-refractivity contribution in [3.05, 3.63) is 182 Å². The van der Waals surface area contributed by atoms with Gasteiger partial charge in [-0.2, -0.15) is 0 Å². The first-order valence-electron chi connectivity index (χ1n) is 16.3. The lowest BCUT2D eigenvalue weighted by molar-refractivity contribution is 1.54. The molecule has 0 saturated heterocycles. The monoisotopic (exact) mass is 629 g/mol. The third-order valence-electron chi connectivity index (χ3n) is 9.30. The highest BCUT2D eigenvalue weighted by molar-refractivity contribution is 7.26. The van der Waals surface area contributed by atoms with Crippen molar-refractivity contribution in [2.45, 2.75) is 0 Å². The second kappa shape index (κ2) is 12.0. The van der Waals surface area contributed by atoms with Gasteiger partial charge in [-0.05, 0) is 80.0 Å². The number of hydrogen-bond donors (Lipinski definition) is 1. The van der Waals surface area contributed by atoms with Crippen LogP contribution >= 0.6 is 11.3 Å². The highest BCUT2D eigenvalue weighted by atomic mass is 32.1. The second-order valence-corrected chi connectivity index (χ2v) is 13.3. The summed E-state index contributed by atoms with van der Waals surface area (Å²) in [6.07, 6.45) is 0. The Bertz CT molecular complexity index is 2540. The lowest BCUT2D eigenvalue weighted by Gasteiger charge is -2.14. The van der Waals surface area contributed by atoms with E-state index in [2.05, 4.69) is 187 Å². The number of thiophene rings is 1. The van der Waals surface area contributed by atoms with E-state index in [0.717, 1.165) is 11.4 Å². The fraction of sp³-hybridized carbons (Fsp3) is 0. The summed E-state index contributed by atoms with van der Waals surface area (Å²) in [4.78, 5) is 0. The molecule has 48 heavy (non-hydrogen) atoms. The minimum Gasteiger partial charge on any atom is -0.356 e. The predicted octanol–water partition coefficient (Wildman–Crippen LogP) is 13.6. The van der Waals surface area contributed by atoms with Gasteiger partial charge in [-0.1, -0.05) is 152 Å². The molecule has 0 spiro atoms. The molecule has 0 unspecified atom stereocenters. The van der Waals surface area contributed by atoms with E-state index in [1.54, 1.807) is 0 Å². The molecular weight excluding hydrogens is 599 g/mol. The van der Waals surface area contributed by atoms with Gasteiger partial charge >= 0.3 is 0 Å². The van der Waals surface area contributed by atoms with Crippen LogP contribution in [0.25, 0.3) is 75.5 Å². The summed E-state index contributed by atoms with van der Waals surface area (Å²) < 4.78 is 2.65. The molecule has 1 nitrogen and oxygen atoms in total. The van der Waals surface area contributed by atoms with Crippen molar-refractivity contribution >= 4 is 53.7 Å². The molecule has 0 amide bonds. The van der Waals surface area contributed by atoms with Gasteiger partial charge in [0.1, 0.15) is 0 Å². The third-order valence-corrected chi connectivity index (χ3v) is 10.5. The van der Waals surface area contributed by atoms with E-state index < -0.39 is 0 Å². The van der Waals surface area contributed by atoms with E-state index in [1.807, 2.05) is 11.3 Å². The zero-order chi connectivity index (χ0) is 31.9. The van der Waals surface area contributed by atoms with Crippen molar-refractivity contribution < 1.29 is 0 Å². The average molecular weight is 630 g/mol. The molecule has 9 aromatic rings. The van der Waals surface area contributed by atoms with Gasteiger partial charge in [0.15, 0.2) is 0 Å². The molecule has 0 bridgehead atoms. The second-order valence-electron chi connectivity index (χ2n) is 12.2. The lowest BCUT2D eigenvalue weighted by Crippen LogP contribution is -1.91. The van der Waals surface area contributed by atoms with Crippen LogP contribution in [0.5, 0.6) is 0 Å². The van der Waals surface area contributed by atoms with Crippen LogP contribution in [0.4, 0.5) is 11.4 Å². The van der Waals surface area contributed by atoms with Gasteiger partial charge in [0.2, 0.25) is 0 Å². The van der Waals surface area contributed by atoms with Gasteiger partial charge in [-0.3, -0.25) is 0 Å². The Hall–Kier alpha value is -5.96. The standard InChI is InChI=1S/C46H31NS/c1-2-9-31(10-3-1)32-17-19-36(20-18-32)45-41(29-30-43-42-14-6-7-16-44(42)48-46(43)45)35-23-27-38(28-24-35)47-37-25-21-34(22-26-37)40-15-8-12-33-11-4-5-13-39(33)40/h1-30,47H. The Morgan fingerprint density at radius 1 is 0.333 bits per heavy atom. The fourth-order valence-corrected chi connectivity index (χ4v) is 8.16. The molecule has 9 rings (SSSR count). The van der Waals surface area contributed by atoms with E-state index in [4.69, 9.17) is 0 Å². The van der Waals surface area contributed by atoms with Crippen LogP contribution in [-0.2, 0) is 0 Å². The third kappa shape index (κ3) is 5.13. The predicted molar refractivity (Wildman–Crippen MR) is 208 cm³/mol. The molecule has 1 aromatic heterocycles. The average Bonchev–Trinajstić information content (AvgIpc) is 3.54. The van der Waals surface area contributed by atoms with Gasteiger partial charge in [0.25, 0.3) is 0 Å². The molecule has 0 atom stereocenters. The van der Waals surface area contributed by atoms with Gasteiger partial charge in [0, 0.05) is 37.1 Å². The first-order chi connectivity index (χ1) is 23.8. The van der Waals surface area contributed by atoms with Crippen molar-refractivity contribution in [2.24, 2.45) is 0 Å². The van der Waals surface area contributed by atoms with Crippen LogP contribution < -0.4 is 5.32 Å². The number of benzene rings is 8. The molecule has 0 fully saturated rings. The Labute approximate surface area is 284 Å². The van der Waals surface area contributed by atoms with Gasteiger partial charge < -0.3 is 5.32 Å². The molecule has 0 aliphatic rings. The van der Waals surface area contributed by atoms with Crippen LogP contribution in [0.1, 0.15) is 0 Å². The van der Waals surface area contributed by atoms with Gasteiger partial charge in [-0.25, -0.2) is 0 Å². The van der Waals surface area contributed by atoms with Crippen LogP contribution in [-0.4, -0.2) is 0 Å². The van der Waals surface area contributed by atoms with E-state index in [0.29, 0.717) is 0 Å². The molecule has 8 aromatic carbocycles. The highest BCUT2D eigenvalue weighted by Gasteiger charge is 2.16. The summed E-state index contributed by atoms with van der Waals surface area (Å²) >= 11 is 1.89. The van der Waals surface area contributed by atoms with E-state index >= 15 is 0 Å². The maximum atomic E-state index is 3.62. The summed E-state index contributed by atoms with van der Waals surface area (Å²) in [5.41, 5.74) is 12.0. The Morgan fingerprint density at radius 3 is 1.65 bits per heavy atom. The molecule has 1 heterocycles. The minimum atomic E-state index is 1.06. The van der Waals surface area contributed by atoms with Crippen molar-refractivity contribution in [1.82, 2.24) is 0 Å². The maximum absolute atomic E-state index is 3.62. The number of fused-ring (bicyclic) bond motifs is 4. The van der Waals surface area contributed by atoms with Crippen molar-refractivity contribution in [3.8, 4) is 44.5 Å². The zero-order valence-electron chi connectivity index (χ0n) is 26.2. The van der Waals surface area contributed by atoms with Crippen molar-refractivity contribution in [1.29, 1.82) is 0 Å². The fourth-order valence-electron chi connectivity index (χ4n) is 6.89. The van der Waals surface area contributed by atoms with Crippen molar-refractivity contribution in [2.75, 3.05) is 5.32 Å². The first-order valence-corrected chi connectivity index (χ1v) is 17.2. The summed E-state index contributed by atoms with van der Waals surface area (Å²) in [7, 11) is 0. The largest absolute Gasteiger partial charge is 0.356 e. The van der Waals surface area contributed by atoms with E-state index in [-0.39, 0.29) is 0 Å². The van der Waals surface area contributed by atoms with Gasteiger partial charge in [0.05, 0.1) is 0 Å². The van der Waals surface area contributed by atoms with Crippen molar-refractivity contribution in [3.63, 3.8) is 0 Å². The highest BCUT2D eigenvalue weighted by Crippen LogP contribution is 2.45. The molecule has 2 heteroatoms. The normalized spacial score (nSPS) is 11.3. The quantitative estimate of drug-likeness (QED) is 0.193. The number of nitrogens with one attached hydrogen (secondary N) is 1. The summed E-state index contributed by atoms with van der Waals surface area (Å²) in [5, 5.41) is 8.78. The van der Waals surface area contributed by atoms with Crippen LogP contribution in [0.15, 0.2) is 182 Å². The summed E-state index contributed by atoms with van der Waals surface area (Å²) in [6, 6.07) is 65.7. The molecule has 0 radical (unpaired) electrons. The van der Waals surface area contributed by atoms with Gasteiger partial charge in [-0.15, -0.1) is 11.3 Å². The Kier molecular flexibility index (Phi) is 7.07. The molecule has 0 aliphatic carbocycles. The molecule has 226 valence electrons. The molecule has 1 N–H and O–H groups in total. The first kappa shape index (κ1) is 28.3. The maximum Gasteiger partial charge on any atom is 0.0440 e. The summed E-state index contributed by atoms with van der Waals surface area (Å²) in [5.74, 6) is 0. The minimum absolute atomic E-state index is 1.06. The molecular formula is C46H31NS. The molecule has 0 saturated carbocycles. The number of hydrogen-bond acceptors (Lipinski definition) is 2. The number of anilines is 2. The zero-order valence-corrected chi connectivity index (χ0v) is 27.0. The van der Waals surface area contributed by atoms with E-state index in [9.17, 15) is 0 Å². The lowest BCUT2D eigenvalue weighted by atomic mass is 9.91. The topological polar surface area (TPSA) is 12.0 Å². The summed E-state index contributed by atoms with van der Waals surface area (Å²) in [6.45, 7) is 0. The number of rotatable bonds is 6. The van der Waals surface area contributed by atoms with Crippen LogP contribution in [0, 0.1) is 0 Å². The van der Waals surface area contributed by atoms with Crippen LogP contribution in [0.3, 0.4) is 0 Å². The van der Waals surface area contributed by atoms with Crippen LogP contribution in [0.2, 0.25) is 0 Å². The SMILES string of the molecule is c1ccc(-c2ccc(-c3c(-c4ccc(Nc5ccc(-c6cccc7ccccc67)cc5)cc4)ccc4c3sc3ccccc34)cc2)cc1. The smallest absolute Gasteiger partial charge is 0.0440 e. The Morgan fingerprint density at radius 2 is 0.896 bits per heavy atom. The molecule has 0 aliphatic heterocycles. The van der Waals surface area contributed by atoms with E-state index in [1.165, 1.54) is 75.5 Å². The Balaban J connectivity index is 1.05.